The Bertz CT molecular complexity index is 1090. The smallest absolute Gasteiger partial charge is 0.434 e. The third kappa shape index (κ3) is 3.96. The molecule has 0 fully saturated rings. The predicted molar refractivity (Wildman–Crippen MR) is 96.8 cm³/mol. The summed E-state index contributed by atoms with van der Waals surface area (Å²) in [7, 11) is 3.20. The lowest BCUT2D eigenvalue weighted by Gasteiger charge is -2.13. The van der Waals surface area contributed by atoms with Gasteiger partial charge in [0.25, 0.3) is 5.91 Å². The molecule has 0 aliphatic carbocycles. The predicted octanol–water partition coefficient (Wildman–Crippen LogP) is 3.35. The summed E-state index contributed by atoms with van der Waals surface area (Å²) in [4.78, 5) is 28.9. The second kappa shape index (κ2) is 7.38. The number of pyridine rings is 1. The van der Waals surface area contributed by atoms with Crippen LogP contribution in [0.25, 0.3) is 17.1 Å². The van der Waals surface area contributed by atoms with Gasteiger partial charge in [-0.05, 0) is 24.3 Å². The Labute approximate surface area is 163 Å². The largest absolute Gasteiger partial charge is 0.478 e. The van der Waals surface area contributed by atoms with Crippen molar-refractivity contribution in [3.63, 3.8) is 0 Å². The van der Waals surface area contributed by atoms with Crippen molar-refractivity contribution in [2.75, 3.05) is 14.1 Å². The highest BCUT2D eigenvalue weighted by molar-refractivity contribution is 5.95. The number of aromatic carboxylic acids is 1. The first-order valence-electron chi connectivity index (χ1n) is 8.27. The Kier molecular flexibility index (Phi) is 5.10. The minimum absolute atomic E-state index is 0.202. The molecule has 1 amide bonds. The van der Waals surface area contributed by atoms with Crippen molar-refractivity contribution in [2.45, 2.75) is 6.18 Å². The van der Waals surface area contributed by atoms with E-state index in [1.165, 1.54) is 17.0 Å². The van der Waals surface area contributed by atoms with Crippen molar-refractivity contribution in [3.05, 3.63) is 65.5 Å². The summed E-state index contributed by atoms with van der Waals surface area (Å²) in [6, 6.07) is 10.8. The maximum atomic E-state index is 13.4. The maximum Gasteiger partial charge on any atom is 0.434 e. The number of carboxylic acids is 1. The molecule has 1 N–H and O–H groups in total. The number of alkyl halides is 3. The lowest BCUT2D eigenvalue weighted by Crippen LogP contribution is -2.21. The number of carbonyl (C=O) groups is 2. The zero-order valence-electron chi connectivity index (χ0n) is 15.3. The molecule has 7 nitrogen and oxygen atoms in total. The van der Waals surface area contributed by atoms with Gasteiger partial charge in [-0.1, -0.05) is 18.2 Å². The number of rotatable bonds is 4. The first-order chi connectivity index (χ1) is 13.6. The van der Waals surface area contributed by atoms with E-state index in [-0.39, 0.29) is 11.7 Å². The van der Waals surface area contributed by atoms with Gasteiger partial charge in [0.15, 0.2) is 11.5 Å². The molecule has 0 aliphatic heterocycles. The van der Waals surface area contributed by atoms with E-state index in [4.69, 9.17) is 5.11 Å². The molecule has 1 aromatic carbocycles. The minimum atomic E-state index is -4.94. The van der Waals surface area contributed by atoms with E-state index in [0.29, 0.717) is 27.7 Å². The van der Waals surface area contributed by atoms with Crippen LogP contribution in [0.2, 0.25) is 0 Å². The lowest BCUT2D eigenvalue weighted by molar-refractivity contribution is -0.143. The Morgan fingerprint density at radius 2 is 1.79 bits per heavy atom. The SMILES string of the molecule is CN(C)C(=O)c1cccc(-c2cccc(-n3ncc(C(=O)O)c3C(F)(F)F)n2)c1. The molecule has 0 atom stereocenters. The number of carbonyl (C=O) groups excluding carboxylic acids is 1. The molecule has 3 rings (SSSR count). The van der Waals surface area contributed by atoms with Gasteiger partial charge < -0.3 is 10.0 Å². The highest BCUT2D eigenvalue weighted by Gasteiger charge is 2.41. The first-order valence-corrected chi connectivity index (χ1v) is 8.27. The molecule has 2 heterocycles. The number of benzene rings is 1. The molecule has 3 aromatic rings. The van der Waals surface area contributed by atoms with Gasteiger partial charge in [-0.25, -0.2) is 14.5 Å². The summed E-state index contributed by atoms with van der Waals surface area (Å²) >= 11 is 0. The molecule has 0 saturated carbocycles. The Morgan fingerprint density at radius 3 is 2.41 bits per heavy atom. The molecule has 10 heteroatoms. The molecular formula is C19H15F3N4O3. The van der Waals surface area contributed by atoms with Gasteiger partial charge in [0.2, 0.25) is 0 Å². The van der Waals surface area contributed by atoms with E-state index in [1.807, 2.05) is 0 Å². The van der Waals surface area contributed by atoms with Crippen LogP contribution in [-0.2, 0) is 6.18 Å². The van der Waals surface area contributed by atoms with Crippen LogP contribution in [0.5, 0.6) is 0 Å². The number of carboxylic acid groups (broad SMARTS) is 1. The molecule has 0 aliphatic rings. The number of halogens is 3. The van der Waals surface area contributed by atoms with Crippen LogP contribution in [0.15, 0.2) is 48.7 Å². The third-order valence-electron chi connectivity index (χ3n) is 4.03. The van der Waals surface area contributed by atoms with Gasteiger partial charge in [-0.15, -0.1) is 0 Å². The second-order valence-corrected chi connectivity index (χ2v) is 6.28. The fourth-order valence-electron chi connectivity index (χ4n) is 2.72. The number of hydrogen-bond donors (Lipinski definition) is 1. The quantitative estimate of drug-likeness (QED) is 0.721. The molecule has 150 valence electrons. The van der Waals surface area contributed by atoms with E-state index in [9.17, 15) is 22.8 Å². The molecule has 0 spiro atoms. The first kappa shape index (κ1) is 20.1. The molecule has 2 aromatic heterocycles. The van der Waals surface area contributed by atoms with Crippen molar-refractivity contribution in [1.82, 2.24) is 19.7 Å². The summed E-state index contributed by atoms with van der Waals surface area (Å²) in [6.07, 6.45) is -4.31. The summed E-state index contributed by atoms with van der Waals surface area (Å²) in [5, 5.41) is 12.6. The van der Waals surface area contributed by atoms with Crippen molar-refractivity contribution >= 4 is 11.9 Å². The molecule has 0 unspecified atom stereocenters. The van der Waals surface area contributed by atoms with Gasteiger partial charge >= 0.3 is 12.1 Å². The van der Waals surface area contributed by atoms with Crippen LogP contribution in [0.3, 0.4) is 0 Å². The second-order valence-electron chi connectivity index (χ2n) is 6.28. The summed E-state index contributed by atoms with van der Waals surface area (Å²) in [6.45, 7) is 0. The number of aromatic nitrogens is 3. The lowest BCUT2D eigenvalue weighted by atomic mass is 10.1. The zero-order chi connectivity index (χ0) is 21.3. The summed E-state index contributed by atoms with van der Waals surface area (Å²) < 4.78 is 40.8. The van der Waals surface area contributed by atoms with E-state index >= 15 is 0 Å². The van der Waals surface area contributed by atoms with Crippen LogP contribution in [-0.4, -0.2) is 50.7 Å². The maximum absolute atomic E-state index is 13.4. The fourth-order valence-corrected chi connectivity index (χ4v) is 2.72. The molecule has 0 saturated heterocycles. The molecule has 0 radical (unpaired) electrons. The molecule has 0 bridgehead atoms. The minimum Gasteiger partial charge on any atom is -0.478 e. The van der Waals surface area contributed by atoms with Crippen molar-refractivity contribution in [1.29, 1.82) is 0 Å². The Morgan fingerprint density at radius 1 is 1.10 bits per heavy atom. The average molecular weight is 404 g/mol. The molecule has 29 heavy (non-hydrogen) atoms. The van der Waals surface area contributed by atoms with Gasteiger partial charge in [-0.2, -0.15) is 18.3 Å². The summed E-state index contributed by atoms with van der Waals surface area (Å²) in [5.74, 6) is -2.18. The number of nitrogens with zero attached hydrogens (tertiary/aromatic N) is 4. The standard InChI is InChI=1S/C19H15F3N4O3/c1-25(2)17(27)12-6-3-5-11(9-12)14-7-4-8-15(24-14)26-16(19(20,21)22)13(10-23-26)18(28)29/h3-10H,1-2H3,(H,28,29). The molecular weight excluding hydrogens is 389 g/mol. The van der Waals surface area contributed by atoms with Crippen LogP contribution in [0.1, 0.15) is 26.4 Å². The van der Waals surface area contributed by atoms with E-state index < -0.39 is 23.4 Å². The van der Waals surface area contributed by atoms with Gasteiger partial charge in [0, 0.05) is 25.2 Å². The van der Waals surface area contributed by atoms with E-state index in [0.717, 1.165) is 0 Å². The van der Waals surface area contributed by atoms with Crippen LogP contribution < -0.4 is 0 Å². The van der Waals surface area contributed by atoms with Gasteiger partial charge in [0.05, 0.1) is 11.9 Å². The number of amides is 1. The van der Waals surface area contributed by atoms with Gasteiger partial charge in [-0.3, -0.25) is 4.79 Å². The number of hydrogen-bond acceptors (Lipinski definition) is 4. The third-order valence-corrected chi connectivity index (χ3v) is 4.03. The van der Waals surface area contributed by atoms with Crippen LogP contribution in [0.4, 0.5) is 13.2 Å². The van der Waals surface area contributed by atoms with Gasteiger partial charge in [0.1, 0.15) is 5.56 Å². The van der Waals surface area contributed by atoms with Crippen LogP contribution >= 0.6 is 0 Å². The Balaban J connectivity index is 2.10. The summed E-state index contributed by atoms with van der Waals surface area (Å²) in [5.41, 5.74) is -1.19. The van der Waals surface area contributed by atoms with Crippen molar-refractivity contribution in [3.8, 4) is 17.1 Å². The average Bonchev–Trinajstić information content (AvgIpc) is 3.13. The van der Waals surface area contributed by atoms with Crippen molar-refractivity contribution in [2.24, 2.45) is 0 Å². The highest BCUT2D eigenvalue weighted by atomic mass is 19.4. The van der Waals surface area contributed by atoms with E-state index in [1.54, 1.807) is 44.4 Å². The normalized spacial score (nSPS) is 11.3. The fraction of sp³-hybridized carbons (Fsp3) is 0.158. The zero-order valence-corrected chi connectivity index (χ0v) is 15.3. The Hall–Kier alpha value is -3.69. The monoisotopic (exact) mass is 404 g/mol. The van der Waals surface area contributed by atoms with E-state index in [2.05, 4.69) is 10.1 Å². The van der Waals surface area contributed by atoms with Crippen molar-refractivity contribution < 1.29 is 27.9 Å². The highest BCUT2D eigenvalue weighted by Crippen LogP contribution is 2.33. The van der Waals surface area contributed by atoms with Crippen LogP contribution in [0, 0.1) is 0 Å². The topological polar surface area (TPSA) is 88.3 Å².